The van der Waals surface area contributed by atoms with Crippen LogP contribution < -0.4 is 0 Å². The molecule has 2 aliphatic rings. The summed E-state index contributed by atoms with van der Waals surface area (Å²) in [6.45, 7) is 8.63. The first-order chi connectivity index (χ1) is 7.83. The van der Waals surface area contributed by atoms with Gasteiger partial charge in [-0.05, 0) is 58.8 Å². The van der Waals surface area contributed by atoms with E-state index in [0.717, 1.165) is 32.1 Å². The number of ether oxygens (including phenoxy) is 1. The van der Waals surface area contributed by atoms with Crippen LogP contribution in [0.1, 0.15) is 59.8 Å². The molecule has 0 aromatic heterocycles. The summed E-state index contributed by atoms with van der Waals surface area (Å²) in [6.07, 6.45) is 7.57. The van der Waals surface area contributed by atoms with Gasteiger partial charge in [-0.3, -0.25) is 0 Å². The quantitative estimate of drug-likeness (QED) is 0.601. The summed E-state index contributed by atoms with van der Waals surface area (Å²) in [5.74, 6) is 0.367. The van der Waals surface area contributed by atoms with Crippen molar-refractivity contribution in [2.24, 2.45) is 5.92 Å². The molecule has 1 saturated heterocycles. The van der Waals surface area contributed by atoms with Gasteiger partial charge in [0.25, 0.3) is 0 Å². The first kappa shape index (κ1) is 13.1. The van der Waals surface area contributed by atoms with E-state index >= 15 is 0 Å². The molecule has 1 heterocycles. The predicted molar refractivity (Wildman–Crippen MR) is 69.9 cm³/mol. The second kappa shape index (κ2) is 4.40. The Balaban J connectivity index is 1.81. The van der Waals surface area contributed by atoms with Gasteiger partial charge >= 0.3 is 0 Å². The van der Waals surface area contributed by atoms with Crippen molar-refractivity contribution >= 4 is 0 Å². The summed E-state index contributed by atoms with van der Waals surface area (Å²) in [4.78, 5) is 0. The normalized spacial score (nSPS) is 37.5. The zero-order valence-electron chi connectivity index (χ0n) is 11.6. The van der Waals surface area contributed by atoms with Crippen LogP contribution in [0.2, 0.25) is 0 Å². The molecule has 3 atom stereocenters. The Morgan fingerprint density at radius 3 is 2.65 bits per heavy atom. The van der Waals surface area contributed by atoms with Crippen molar-refractivity contribution in [3.8, 4) is 0 Å². The van der Waals surface area contributed by atoms with E-state index in [-0.39, 0.29) is 5.60 Å². The van der Waals surface area contributed by atoms with Gasteiger partial charge in [-0.2, -0.15) is 0 Å². The number of allylic oxidation sites excluding steroid dienone is 1. The Labute approximate surface area is 105 Å². The third-order valence-corrected chi connectivity index (χ3v) is 4.70. The molecule has 0 radical (unpaired) electrons. The summed E-state index contributed by atoms with van der Waals surface area (Å²) >= 11 is 0. The molecule has 1 aliphatic carbocycles. The highest BCUT2D eigenvalue weighted by atomic mass is 16.6. The van der Waals surface area contributed by atoms with Gasteiger partial charge in [-0.25, -0.2) is 0 Å². The molecule has 2 unspecified atom stereocenters. The van der Waals surface area contributed by atoms with E-state index < -0.39 is 5.60 Å². The first-order valence-electron chi connectivity index (χ1n) is 6.89. The maximum Gasteiger partial charge on any atom is 0.0892 e. The van der Waals surface area contributed by atoms with Crippen molar-refractivity contribution in [2.75, 3.05) is 0 Å². The number of rotatable bonds is 4. The van der Waals surface area contributed by atoms with Crippen molar-refractivity contribution in [1.82, 2.24) is 0 Å². The lowest BCUT2D eigenvalue weighted by Gasteiger charge is -2.36. The molecule has 1 aliphatic heterocycles. The van der Waals surface area contributed by atoms with E-state index in [4.69, 9.17) is 4.74 Å². The largest absolute Gasteiger partial charge is 0.389 e. The van der Waals surface area contributed by atoms with E-state index in [2.05, 4.69) is 33.8 Å². The Bertz CT molecular complexity index is 319. The molecule has 0 spiro atoms. The van der Waals surface area contributed by atoms with Crippen molar-refractivity contribution < 1.29 is 9.84 Å². The minimum atomic E-state index is -0.474. The Hall–Kier alpha value is -0.340. The fraction of sp³-hybridized carbons (Fsp3) is 0.867. The Morgan fingerprint density at radius 2 is 2.18 bits per heavy atom. The molecule has 0 aromatic rings. The topological polar surface area (TPSA) is 32.8 Å². The summed E-state index contributed by atoms with van der Waals surface area (Å²) in [5.41, 5.74) is 1.04. The van der Waals surface area contributed by atoms with Gasteiger partial charge < -0.3 is 9.84 Å². The van der Waals surface area contributed by atoms with Gasteiger partial charge in [-0.15, -0.1) is 0 Å². The molecule has 1 N–H and O–H groups in total. The lowest BCUT2D eigenvalue weighted by molar-refractivity contribution is -0.0249. The molecular weight excluding hydrogens is 212 g/mol. The lowest BCUT2D eigenvalue weighted by Crippen LogP contribution is -2.37. The van der Waals surface area contributed by atoms with Crippen LogP contribution >= 0.6 is 0 Å². The lowest BCUT2D eigenvalue weighted by atomic mass is 9.75. The van der Waals surface area contributed by atoms with Crippen LogP contribution in [0.25, 0.3) is 0 Å². The van der Waals surface area contributed by atoms with E-state index in [1.54, 1.807) is 0 Å². The van der Waals surface area contributed by atoms with Crippen molar-refractivity contribution in [3.63, 3.8) is 0 Å². The van der Waals surface area contributed by atoms with Crippen LogP contribution in [0, 0.1) is 5.92 Å². The van der Waals surface area contributed by atoms with Gasteiger partial charge in [0.05, 0.1) is 17.3 Å². The highest BCUT2D eigenvalue weighted by molar-refractivity contribution is 5.09. The van der Waals surface area contributed by atoms with E-state index in [1.807, 2.05) is 0 Å². The monoisotopic (exact) mass is 238 g/mol. The smallest absolute Gasteiger partial charge is 0.0892 e. The molecule has 2 rings (SSSR count). The van der Waals surface area contributed by atoms with Crippen LogP contribution in [0.15, 0.2) is 11.6 Å². The zero-order chi connectivity index (χ0) is 12.7. The molecule has 2 nitrogen and oxygen atoms in total. The molecule has 0 bridgehead atoms. The van der Waals surface area contributed by atoms with Crippen LogP contribution in [-0.2, 0) is 4.74 Å². The highest BCUT2D eigenvalue weighted by Crippen LogP contribution is 2.41. The van der Waals surface area contributed by atoms with Crippen molar-refractivity contribution in [1.29, 1.82) is 0 Å². The third kappa shape index (κ3) is 2.92. The van der Waals surface area contributed by atoms with Gasteiger partial charge in [0.2, 0.25) is 0 Å². The Kier molecular flexibility index (Phi) is 3.39. The van der Waals surface area contributed by atoms with Gasteiger partial charge in [-0.1, -0.05) is 18.6 Å². The second-order valence-electron chi connectivity index (χ2n) is 6.55. The predicted octanol–water partition coefficient (Wildman–Crippen LogP) is 3.44. The third-order valence-electron chi connectivity index (χ3n) is 4.70. The van der Waals surface area contributed by atoms with E-state index in [1.165, 1.54) is 5.57 Å². The molecular formula is C15H26O2. The fourth-order valence-corrected chi connectivity index (χ4v) is 2.83. The number of hydrogen-bond acceptors (Lipinski definition) is 2. The van der Waals surface area contributed by atoms with E-state index in [9.17, 15) is 5.11 Å². The number of aliphatic hydroxyl groups is 1. The highest BCUT2D eigenvalue weighted by Gasteiger charge is 2.47. The van der Waals surface area contributed by atoms with Crippen LogP contribution in [0.5, 0.6) is 0 Å². The summed E-state index contributed by atoms with van der Waals surface area (Å²) < 4.78 is 5.60. The maximum absolute atomic E-state index is 10.6. The average molecular weight is 238 g/mol. The fourth-order valence-electron chi connectivity index (χ4n) is 2.83. The average Bonchev–Trinajstić information content (AvgIpc) is 2.88. The molecule has 0 amide bonds. The van der Waals surface area contributed by atoms with Crippen LogP contribution in [-0.4, -0.2) is 22.4 Å². The van der Waals surface area contributed by atoms with E-state index in [0.29, 0.717) is 12.0 Å². The number of hydrogen-bond donors (Lipinski definition) is 1. The van der Waals surface area contributed by atoms with Crippen LogP contribution in [0.4, 0.5) is 0 Å². The summed E-state index contributed by atoms with van der Waals surface area (Å²) in [5, 5.41) is 10.6. The minimum Gasteiger partial charge on any atom is -0.389 e. The molecule has 98 valence electrons. The maximum atomic E-state index is 10.6. The SMILES string of the molecule is CC1=CC[C@](O)(C(C)CCC2OC2(C)C)CC1. The zero-order valence-corrected chi connectivity index (χ0v) is 11.6. The van der Waals surface area contributed by atoms with Crippen LogP contribution in [0.3, 0.4) is 0 Å². The Morgan fingerprint density at radius 1 is 1.53 bits per heavy atom. The summed E-state index contributed by atoms with van der Waals surface area (Å²) in [6, 6.07) is 0. The second-order valence-corrected chi connectivity index (χ2v) is 6.55. The molecule has 0 aromatic carbocycles. The summed E-state index contributed by atoms with van der Waals surface area (Å²) in [7, 11) is 0. The molecule has 0 saturated carbocycles. The van der Waals surface area contributed by atoms with Gasteiger partial charge in [0.1, 0.15) is 0 Å². The number of epoxide rings is 1. The van der Waals surface area contributed by atoms with Gasteiger partial charge in [0, 0.05) is 0 Å². The minimum absolute atomic E-state index is 0.0887. The molecule has 2 heteroatoms. The molecule has 17 heavy (non-hydrogen) atoms. The van der Waals surface area contributed by atoms with Crippen molar-refractivity contribution in [2.45, 2.75) is 77.1 Å². The first-order valence-corrected chi connectivity index (χ1v) is 6.89. The van der Waals surface area contributed by atoms with Gasteiger partial charge in [0.15, 0.2) is 0 Å². The standard InChI is InChI=1S/C15H26O2/c1-11-7-9-15(16,10-8-11)12(2)5-6-13-14(3,4)17-13/h7,12-13,16H,5-6,8-10H2,1-4H3/t12?,13?,15-/m1/s1. The van der Waals surface area contributed by atoms with Crippen molar-refractivity contribution in [3.05, 3.63) is 11.6 Å². The molecule has 1 fully saturated rings.